The van der Waals surface area contributed by atoms with Crippen LogP contribution in [0.15, 0.2) is 41.1 Å². The summed E-state index contributed by atoms with van der Waals surface area (Å²) in [6.45, 7) is 3.43. The van der Waals surface area contributed by atoms with Crippen molar-refractivity contribution in [1.29, 1.82) is 0 Å². The number of aryl methyl sites for hydroxylation is 2. The second-order valence-electron chi connectivity index (χ2n) is 6.46. The maximum absolute atomic E-state index is 12.8. The van der Waals surface area contributed by atoms with Gasteiger partial charge < -0.3 is 14.0 Å². The molecule has 0 aliphatic carbocycles. The number of fused-ring (bicyclic) bond motifs is 1. The summed E-state index contributed by atoms with van der Waals surface area (Å²) in [5, 5.41) is 5.27. The maximum Gasteiger partial charge on any atom is 0.226 e. The lowest BCUT2D eigenvalue weighted by atomic mass is 10.2. The van der Waals surface area contributed by atoms with E-state index in [2.05, 4.69) is 32.9 Å². The number of para-hydroxylation sites is 1. The zero-order valence-corrected chi connectivity index (χ0v) is 14.4. The first-order valence-corrected chi connectivity index (χ1v) is 8.92. The Labute approximate surface area is 146 Å². The molecule has 1 aliphatic heterocycles. The lowest BCUT2D eigenvalue weighted by Gasteiger charge is -2.22. The van der Waals surface area contributed by atoms with Gasteiger partial charge in [-0.15, -0.1) is 0 Å². The van der Waals surface area contributed by atoms with Gasteiger partial charge in [-0.3, -0.25) is 4.79 Å². The van der Waals surface area contributed by atoms with Gasteiger partial charge in [0.25, 0.3) is 0 Å². The van der Waals surface area contributed by atoms with Crippen molar-refractivity contribution in [2.45, 2.75) is 45.2 Å². The summed E-state index contributed by atoms with van der Waals surface area (Å²) in [7, 11) is 0. The highest BCUT2D eigenvalue weighted by atomic mass is 16.5. The number of amides is 1. The van der Waals surface area contributed by atoms with Crippen LogP contribution >= 0.6 is 0 Å². The molecular weight excluding hydrogens is 316 g/mol. The Hall–Kier alpha value is -2.63. The van der Waals surface area contributed by atoms with Gasteiger partial charge in [0.1, 0.15) is 0 Å². The Balaban J connectivity index is 1.45. The van der Waals surface area contributed by atoms with Gasteiger partial charge in [-0.25, -0.2) is 0 Å². The predicted octanol–water partition coefficient (Wildman–Crippen LogP) is 3.34. The van der Waals surface area contributed by atoms with Crippen molar-refractivity contribution in [3.63, 3.8) is 0 Å². The van der Waals surface area contributed by atoms with Crippen molar-refractivity contribution >= 4 is 16.8 Å². The molecular formula is C19H22N4O2. The van der Waals surface area contributed by atoms with Crippen LogP contribution in [0.25, 0.3) is 10.9 Å². The van der Waals surface area contributed by atoms with Crippen molar-refractivity contribution in [3.8, 4) is 0 Å². The standard InChI is InChI=1S/C19H22N4O2/c1-2-17-20-19(21-25-17)16-8-5-11-23(16)18(24)10-13-22-12-9-14-6-3-4-7-15(14)22/h3-4,6-7,9,12,16H,2,5,8,10-11,13H2,1H3/t16-/m1/s1. The smallest absolute Gasteiger partial charge is 0.226 e. The zero-order valence-electron chi connectivity index (χ0n) is 14.4. The first kappa shape index (κ1) is 15.9. The number of aromatic nitrogens is 3. The molecule has 1 saturated heterocycles. The molecule has 0 unspecified atom stereocenters. The van der Waals surface area contributed by atoms with Crippen LogP contribution in [0.2, 0.25) is 0 Å². The van der Waals surface area contributed by atoms with Crippen molar-refractivity contribution in [3.05, 3.63) is 48.2 Å². The molecule has 0 saturated carbocycles. The molecule has 1 aliphatic rings. The average molecular weight is 338 g/mol. The van der Waals surface area contributed by atoms with Crippen LogP contribution in [0.5, 0.6) is 0 Å². The number of hydrogen-bond donors (Lipinski definition) is 0. The third-order valence-corrected chi connectivity index (χ3v) is 4.90. The van der Waals surface area contributed by atoms with Crippen LogP contribution in [0.3, 0.4) is 0 Å². The summed E-state index contributed by atoms with van der Waals surface area (Å²) in [5.74, 6) is 1.44. The van der Waals surface area contributed by atoms with E-state index in [0.29, 0.717) is 31.1 Å². The summed E-state index contributed by atoms with van der Waals surface area (Å²) in [6.07, 6.45) is 5.13. The molecule has 4 rings (SSSR count). The number of benzene rings is 1. The van der Waals surface area contributed by atoms with E-state index in [0.717, 1.165) is 19.4 Å². The van der Waals surface area contributed by atoms with Crippen molar-refractivity contribution in [2.24, 2.45) is 0 Å². The first-order valence-electron chi connectivity index (χ1n) is 8.92. The molecule has 1 atom stereocenters. The van der Waals surface area contributed by atoms with Crippen molar-refractivity contribution in [1.82, 2.24) is 19.6 Å². The normalized spacial score (nSPS) is 17.5. The lowest BCUT2D eigenvalue weighted by molar-refractivity contribution is -0.132. The van der Waals surface area contributed by atoms with Crippen LogP contribution in [0.4, 0.5) is 0 Å². The molecule has 3 aromatic rings. The van der Waals surface area contributed by atoms with Crippen LogP contribution < -0.4 is 0 Å². The molecule has 2 aromatic heterocycles. The molecule has 1 fully saturated rings. The highest BCUT2D eigenvalue weighted by Gasteiger charge is 2.32. The summed E-state index contributed by atoms with van der Waals surface area (Å²) in [4.78, 5) is 19.1. The predicted molar refractivity (Wildman–Crippen MR) is 93.9 cm³/mol. The second kappa shape index (κ2) is 6.70. The molecule has 25 heavy (non-hydrogen) atoms. The van der Waals surface area contributed by atoms with Crippen LogP contribution in [0.1, 0.15) is 43.9 Å². The minimum absolute atomic E-state index is 0.0436. The number of rotatable bonds is 5. The third kappa shape index (κ3) is 3.04. The largest absolute Gasteiger partial charge is 0.347 e. The van der Waals surface area contributed by atoms with Crippen molar-refractivity contribution < 1.29 is 9.32 Å². The SMILES string of the molecule is CCc1nc([C@H]2CCCN2C(=O)CCn2ccc3ccccc32)no1. The Kier molecular flexibility index (Phi) is 4.26. The summed E-state index contributed by atoms with van der Waals surface area (Å²) in [6, 6.07) is 10.3. The van der Waals surface area contributed by atoms with Gasteiger partial charge in [0.05, 0.1) is 6.04 Å². The minimum Gasteiger partial charge on any atom is -0.347 e. The molecule has 130 valence electrons. The van der Waals surface area contributed by atoms with E-state index < -0.39 is 0 Å². The Morgan fingerprint density at radius 2 is 2.20 bits per heavy atom. The van der Waals surface area contributed by atoms with Gasteiger partial charge >= 0.3 is 0 Å². The first-order chi connectivity index (χ1) is 12.3. The van der Waals surface area contributed by atoms with Crippen LogP contribution in [0, 0.1) is 0 Å². The van der Waals surface area contributed by atoms with E-state index >= 15 is 0 Å². The summed E-state index contributed by atoms with van der Waals surface area (Å²) >= 11 is 0. The van der Waals surface area contributed by atoms with Crippen molar-refractivity contribution in [2.75, 3.05) is 6.54 Å². The molecule has 0 radical (unpaired) electrons. The Bertz CT molecular complexity index is 882. The molecule has 6 heteroatoms. The van der Waals surface area contributed by atoms with Gasteiger partial charge in [-0.05, 0) is 30.4 Å². The number of hydrogen-bond acceptors (Lipinski definition) is 4. The zero-order chi connectivity index (χ0) is 17.2. The van der Waals surface area contributed by atoms with Gasteiger partial charge in [-0.1, -0.05) is 30.3 Å². The molecule has 0 bridgehead atoms. The number of nitrogens with zero attached hydrogens (tertiary/aromatic N) is 4. The van der Waals surface area contributed by atoms with E-state index in [4.69, 9.17) is 4.52 Å². The van der Waals surface area contributed by atoms with E-state index in [1.807, 2.05) is 30.2 Å². The number of carbonyl (C=O) groups excluding carboxylic acids is 1. The second-order valence-corrected chi connectivity index (χ2v) is 6.46. The third-order valence-electron chi connectivity index (χ3n) is 4.90. The maximum atomic E-state index is 12.8. The highest BCUT2D eigenvalue weighted by molar-refractivity contribution is 5.80. The lowest BCUT2D eigenvalue weighted by Crippen LogP contribution is -2.31. The fourth-order valence-corrected chi connectivity index (χ4v) is 3.58. The highest BCUT2D eigenvalue weighted by Crippen LogP contribution is 2.31. The van der Waals surface area contributed by atoms with Gasteiger partial charge in [0, 0.05) is 37.6 Å². The summed E-state index contributed by atoms with van der Waals surface area (Å²) < 4.78 is 7.36. The molecule has 1 amide bonds. The average Bonchev–Trinajstić information content (AvgIpc) is 3.37. The molecule has 1 aromatic carbocycles. The van der Waals surface area contributed by atoms with E-state index in [9.17, 15) is 4.79 Å². The number of carbonyl (C=O) groups is 1. The number of likely N-dealkylation sites (tertiary alicyclic amines) is 1. The van der Waals surface area contributed by atoms with Crippen LogP contribution in [-0.2, 0) is 17.8 Å². The quantitative estimate of drug-likeness (QED) is 0.716. The monoisotopic (exact) mass is 338 g/mol. The molecule has 0 N–H and O–H groups in total. The molecule has 3 heterocycles. The minimum atomic E-state index is -0.0436. The van der Waals surface area contributed by atoms with Gasteiger partial charge in [-0.2, -0.15) is 4.98 Å². The van der Waals surface area contributed by atoms with Gasteiger partial charge in [0.2, 0.25) is 11.8 Å². The summed E-state index contributed by atoms with van der Waals surface area (Å²) in [5.41, 5.74) is 1.17. The fraction of sp³-hybridized carbons (Fsp3) is 0.421. The molecule has 0 spiro atoms. The van der Waals surface area contributed by atoms with E-state index in [1.165, 1.54) is 10.9 Å². The fourth-order valence-electron chi connectivity index (χ4n) is 3.58. The molecule has 6 nitrogen and oxygen atoms in total. The van der Waals surface area contributed by atoms with Crippen LogP contribution in [-0.4, -0.2) is 32.1 Å². The topological polar surface area (TPSA) is 64.2 Å². The van der Waals surface area contributed by atoms with E-state index in [-0.39, 0.29) is 11.9 Å². The Morgan fingerprint density at radius 1 is 1.32 bits per heavy atom. The Morgan fingerprint density at radius 3 is 3.04 bits per heavy atom. The van der Waals surface area contributed by atoms with Gasteiger partial charge in [0.15, 0.2) is 5.82 Å². The van der Waals surface area contributed by atoms with E-state index in [1.54, 1.807) is 0 Å².